The Morgan fingerprint density at radius 1 is 1.00 bits per heavy atom. The first-order chi connectivity index (χ1) is 14.4. The van der Waals surface area contributed by atoms with Crippen molar-refractivity contribution in [2.24, 2.45) is 4.99 Å². The Morgan fingerprint density at radius 3 is 2.20 bits per heavy atom. The molecule has 0 saturated carbocycles. The largest absolute Gasteiger partial charge is 0.352 e. The van der Waals surface area contributed by atoms with Gasteiger partial charge in [-0.05, 0) is 54.7 Å². The topological polar surface area (TPSA) is 73.8 Å². The Labute approximate surface area is 178 Å². The van der Waals surface area contributed by atoms with Crippen molar-refractivity contribution in [3.8, 4) is 0 Å². The molecular weight excluding hydrogens is 403 g/mol. The van der Waals surface area contributed by atoms with Crippen LogP contribution in [0.3, 0.4) is 0 Å². The van der Waals surface area contributed by atoms with E-state index < -0.39 is 10.0 Å². The molecule has 6 nitrogen and oxygen atoms in total. The summed E-state index contributed by atoms with van der Waals surface area (Å²) in [5.74, 6) is 0.359. The Morgan fingerprint density at radius 2 is 1.60 bits per heavy atom. The van der Waals surface area contributed by atoms with Crippen molar-refractivity contribution in [2.45, 2.75) is 44.2 Å². The zero-order chi connectivity index (χ0) is 21.6. The van der Waals surface area contributed by atoms with Crippen molar-refractivity contribution >= 4 is 16.0 Å². The highest BCUT2D eigenvalue weighted by molar-refractivity contribution is 7.89. The Bertz CT molecular complexity index is 985. The minimum atomic E-state index is -3.41. The van der Waals surface area contributed by atoms with Gasteiger partial charge in [0.15, 0.2) is 5.96 Å². The van der Waals surface area contributed by atoms with Crippen molar-refractivity contribution in [1.82, 2.24) is 14.9 Å². The van der Waals surface area contributed by atoms with Crippen LogP contribution in [0.4, 0.5) is 4.39 Å². The first-order valence-electron chi connectivity index (χ1n) is 10.2. The Balaban J connectivity index is 1.55. The number of halogens is 1. The lowest BCUT2D eigenvalue weighted by atomic mass is 10.1. The molecule has 1 aliphatic heterocycles. The number of sulfonamides is 1. The van der Waals surface area contributed by atoms with Gasteiger partial charge in [-0.3, -0.25) is 4.99 Å². The smallest absolute Gasteiger partial charge is 0.243 e. The predicted octanol–water partition coefficient (Wildman–Crippen LogP) is 3.17. The van der Waals surface area contributed by atoms with E-state index in [2.05, 4.69) is 15.6 Å². The van der Waals surface area contributed by atoms with E-state index in [0.29, 0.717) is 42.6 Å². The van der Waals surface area contributed by atoms with Crippen molar-refractivity contribution in [3.63, 3.8) is 0 Å². The van der Waals surface area contributed by atoms with E-state index >= 15 is 0 Å². The van der Waals surface area contributed by atoms with E-state index in [1.165, 1.54) is 6.07 Å². The summed E-state index contributed by atoms with van der Waals surface area (Å²) in [5, 5.41) is 6.34. The van der Waals surface area contributed by atoms with Gasteiger partial charge in [-0.15, -0.1) is 0 Å². The second-order valence-electron chi connectivity index (χ2n) is 7.47. The molecule has 30 heavy (non-hydrogen) atoms. The van der Waals surface area contributed by atoms with Crippen LogP contribution in [-0.4, -0.2) is 38.8 Å². The summed E-state index contributed by atoms with van der Waals surface area (Å²) in [5.41, 5.74) is 2.39. The van der Waals surface area contributed by atoms with Crippen LogP contribution >= 0.6 is 0 Å². The van der Waals surface area contributed by atoms with Crippen LogP contribution < -0.4 is 10.6 Å². The molecule has 2 N–H and O–H groups in total. The molecule has 0 radical (unpaired) electrons. The lowest BCUT2D eigenvalue weighted by Gasteiger charge is -2.25. The quantitative estimate of drug-likeness (QED) is 0.543. The van der Waals surface area contributed by atoms with Crippen LogP contribution in [0, 0.1) is 12.7 Å². The highest BCUT2D eigenvalue weighted by atomic mass is 32.2. The maximum atomic E-state index is 13.7. The normalized spacial score (nSPS) is 15.8. The SMILES string of the molecule is CN=C(NCc1ccc(S(=O)(=O)N2CCCCC2)cc1)NCc1ccc(C)c(F)c1. The molecule has 0 amide bonds. The van der Waals surface area contributed by atoms with Gasteiger partial charge in [-0.2, -0.15) is 4.31 Å². The number of rotatable bonds is 6. The molecule has 2 aromatic carbocycles. The number of benzene rings is 2. The van der Waals surface area contributed by atoms with Crippen LogP contribution in [0.5, 0.6) is 0 Å². The van der Waals surface area contributed by atoms with Gasteiger partial charge in [0, 0.05) is 33.2 Å². The number of aryl methyl sites for hydroxylation is 1. The number of guanidine groups is 1. The van der Waals surface area contributed by atoms with Gasteiger partial charge in [-0.25, -0.2) is 12.8 Å². The van der Waals surface area contributed by atoms with Gasteiger partial charge in [-0.1, -0.05) is 30.7 Å². The number of nitrogens with zero attached hydrogens (tertiary/aromatic N) is 2. The molecule has 3 rings (SSSR count). The zero-order valence-corrected chi connectivity index (χ0v) is 18.3. The minimum Gasteiger partial charge on any atom is -0.352 e. The van der Waals surface area contributed by atoms with Crippen LogP contribution in [0.15, 0.2) is 52.4 Å². The molecule has 2 aromatic rings. The van der Waals surface area contributed by atoms with E-state index in [-0.39, 0.29) is 5.82 Å². The Kier molecular flexibility index (Phi) is 7.44. The second kappa shape index (κ2) is 10.0. The number of hydrogen-bond acceptors (Lipinski definition) is 3. The fourth-order valence-corrected chi connectivity index (χ4v) is 4.89. The van der Waals surface area contributed by atoms with E-state index in [9.17, 15) is 12.8 Å². The monoisotopic (exact) mass is 432 g/mol. The molecule has 0 bridgehead atoms. The first-order valence-corrected chi connectivity index (χ1v) is 11.6. The molecule has 1 heterocycles. The molecule has 1 saturated heterocycles. The molecule has 1 aliphatic rings. The van der Waals surface area contributed by atoms with Crippen molar-refractivity contribution in [1.29, 1.82) is 0 Å². The van der Waals surface area contributed by atoms with Gasteiger partial charge >= 0.3 is 0 Å². The molecule has 0 aliphatic carbocycles. The first kappa shape index (κ1) is 22.2. The summed E-state index contributed by atoms with van der Waals surface area (Å²) in [6.07, 6.45) is 2.93. The van der Waals surface area contributed by atoms with Gasteiger partial charge in [0.05, 0.1) is 4.90 Å². The summed E-state index contributed by atoms with van der Waals surface area (Å²) in [7, 11) is -1.75. The molecule has 8 heteroatoms. The highest BCUT2D eigenvalue weighted by Crippen LogP contribution is 2.20. The zero-order valence-electron chi connectivity index (χ0n) is 17.5. The van der Waals surface area contributed by atoms with Crippen LogP contribution in [0.25, 0.3) is 0 Å². The summed E-state index contributed by atoms with van der Waals surface area (Å²) in [6.45, 7) is 3.86. The third-order valence-electron chi connectivity index (χ3n) is 5.26. The maximum absolute atomic E-state index is 13.7. The van der Waals surface area contributed by atoms with Gasteiger partial charge in [0.1, 0.15) is 5.82 Å². The maximum Gasteiger partial charge on any atom is 0.243 e. The predicted molar refractivity (Wildman–Crippen MR) is 117 cm³/mol. The fourth-order valence-electron chi connectivity index (χ4n) is 3.37. The summed E-state index contributed by atoms with van der Waals surface area (Å²) in [4.78, 5) is 4.50. The molecule has 0 atom stereocenters. The average Bonchev–Trinajstić information content (AvgIpc) is 2.77. The van der Waals surface area contributed by atoms with Crippen LogP contribution in [-0.2, 0) is 23.1 Å². The standard InChI is InChI=1S/C22H29FN4O2S/c1-17-6-7-19(14-21(17)23)16-26-22(24-2)25-15-18-8-10-20(11-9-18)30(28,29)27-12-4-3-5-13-27/h6-11,14H,3-5,12-13,15-16H2,1-2H3,(H2,24,25,26). The summed E-state index contributed by atoms with van der Waals surface area (Å²) < 4.78 is 40.7. The third kappa shape index (κ3) is 5.58. The van der Waals surface area contributed by atoms with E-state index in [1.54, 1.807) is 36.5 Å². The molecular formula is C22H29FN4O2S. The van der Waals surface area contributed by atoms with E-state index in [4.69, 9.17) is 0 Å². The summed E-state index contributed by atoms with van der Waals surface area (Å²) >= 11 is 0. The molecule has 0 unspecified atom stereocenters. The molecule has 1 fully saturated rings. The van der Waals surface area contributed by atoms with Gasteiger partial charge in [0.2, 0.25) is 10.0 Å². The van der Waals surface area contributed by atoms with Gasteiger partial charge < -0.3 is 10.6 Å². The van der Waals surface area contributed by atoms with Crippen LogP contribution in [0.2, 0.25) is 0 Å². The van der Waals surface area contributed by atoms with E-state index in [0.717, 1.165) is 30.4 Å². The number of piperidine rings is 1. The molecule has 162 valence electrons. The number of nitrogens with one attached hydrogen (secondary N) is 2. The van der Waals surface area contributed by atoms with Gasteiger partial charge in [0.25, 0.3) is 0 Å². The average molecular weight is 433 g/mol. The third-order valence-corrected chi connectivity index (χ3v) is 7.17. The summed E-state index contributed by atoms with van der Waals surface area (Å²) in [6, 6.07) is 12.1. The second-order valence-corrected chi connectivity index (χ2v) is 9.41. The van der Waals surface area contributed by atoms with Crippen molar-refractivity contribution in [2.75, 3.05) is 20.1 Å². The lowest BCUT2D eigenvalue weighted by molar-refractivity contribution is 0.346. The fraction of sp³-hybridized carbons (Fsp3) is 0.409. The highest BCUT2D eigenvalue weighted by Gasteiger charge is 2.25. The lowest BCUT2D eigenvalue weighted by Crippen LogP contribution is -2.36. The minimum absolute atomic E-state index is 0.225. The van der Waals surface area contributed by atoms with E-state index in [1.807, 2.05) is 18.2 Å². The van der Waals surface area contributed by atoms with Crippen LogP contribution in [0.1, 0.15) is 36.0 Å². The number of aliphatic imine (C=N–C) groups is 1. The number of hydrogen-bond donors (Lipinski definition) is 2. The van der Waals surface area contributed by atoms with Crippen molar-refractivity contribution < 1.29 is 12.8 Å². The molecule has 0 aromatic heterocycles. The Hall–Kier alpha value is -2.45. The molecule has 0 spiro atoms. The van der Waals surface area contributed by atoms with Crippen molar-refractivity contribution in [3.05, 3.63) is 65.0 Å².